The lowest BCUT2D eigenvalue weighted by atomic mass is 10.0. The standard InChI is InChI=1S/C14H19NO2/c1-14(2,3)15-10-7-9-5-4-6-11(13(16)17)12(9)8-10/h4-6,10,15H,7-8H2,1-3H3,(H,16,17). The largest absolute Gasteiger partial charge is 0.478 e. The van der Waals surface area contributed by atoms with Crippen molar-refractivity contribution in [1.29, 1.82) is 0 Å². The normalized spacial score (nSPS) is 19.1. The highest BCUT2D eigenvalue weighted by Gasteiger charge is 2.27. The number of aromatic carboxylic acids is 1. The molecule has 1 aliphatic rings. The van der Waals surface area contributed by atoms with Gasteiger partial charge in [-0.1, -0.05) is 12.1 Å². The molecule has 0 amide bonds. The molecule has 0 saturated heterocycles. The highest BCUT2D eigenvalue weighted by atomic mass is 16.4. The van der Waals surface area contributed by atoms with E-state index in [1.54, 1.807) is 6.07 Å². The molecule has 0 aromatic heterocycles. The Morgan fingerprint density at radius 1 is 1.35 bits per heavy atom. The molecule has 2 N–H and O–H groups in total. The molecule has 0 bridgehead atoms. The summed E-state index contributed by atoms with van der Waals surface area (Å²) in [4.78, 5) is 11.1. The molecule has 3 heteroatoms. The lowest BCUT2D eigenvalue weighted by Gasteiger charge is -2.25. The third-order valence-electron chi connectivity index (χ3n) is 3.06. The summed E-state index contributed by atoms with van der Waals surface area (Å²) in [6.45, 7) is 6.40. The lowest BCUT2D eigenvalue weighted by Crippen LogP contribution is -2.44. The van der Waals surface area contributed by atoms with Crippen molar-refractivity contribution >= 4 is 5.97 Å². The number of carboxylic acid groups (broad SMARTS) is 1. The maximum Gasteiger partial charge on any atom is 0.335 e. The van der Waals surface area contributed by atoms with Crippen molar-refractivity contribution in [2.75, 3.05) is 0 Å². The molecular weight excluding hydrogens is 214 g/mol. The second kappa shape index (κ2) is 4.15. The quantitative estimate of drug-likeness (QED) is 0.823. The van der Waals surface area contributed by atoms with Gasteiger partial charge in [0.2, 0.25) is 0 Å². The van der Waals surface area contributed by atoms with Crippen LogP contribution >= 0.6 is 0 Å². The Kier molecular flexibility index (Phi) is 2.96. The Morgan fingerprint density at radius 2 is 2.06 bits per heavy atom. The van der Waals surface area contributed by atoms with Crippen LogP contribution < -0.4 is 5.32 Å². The van der Waals surface area contributed by atoms with Crippen LogP contribution in [-0.4, -0.2) is 22.7 Å². The van der Waals surface area contributed by atoms with Gasteiger partial charge in [-0.3, -0.25) is 0 Å². The van der Waals surface area contributed by atoms with Crippen molar-refractivity contribution in [3.8, 4) is 0 Å². The molecule has 0 aliphatic heterocycles. The van der Waals surface area contributed by atoms with Gasteiger partial charge in [-0.25, -0.2) is 4.79 Å². The fourth-order valence-electron chi connectivity index (χ4n) is 2.57. The van der Waals surface area contributed by atoms with Crippen LogP contribution in [0, 0.1) is 0 Å². The number of benzene rings is 1. The monoisotopic (exact) mass is 233 g/mol. The van der Waals surface area contributed by atoms with Crippen molar-refractivity contribution < 1.29 is 9.90 Å². The maximum absolute atomic E-state index is 11.1. The molecule has 2 rings (SSSR count). The number of fused-ring (bicyclic) bond motifs is 1. The summed E-state index contributed by atoms with van der Waals surface area (Å²) in [5.74, 6) is -0.821. The molecule has 0 saturated carbocycles. The molecular formula is C14H19NO2. The van der Waals surface area contributed by atoms with Crippen LogP contribution in [0.5, 0.6) is 0 Å². The fraction of sp³-hybridized carbons (Fsp3) is 0.500. The van der Waals surface area contributed by atoms with E-state index in [0.717, 1.165) is 18.4 Å². The van der Waals surface area contributed by atoms with Crippen molar-refractivity contribution in [3.05, 3.63) is 34.9 Å². The van der Waals surface area contributed by atoms with E-state index in [1.165, 1.54) is 5.56 Å². The van der Waals surface area contributed by atoms with Gasteiger partial charge in [0.25, 0.3) is 0 Å². The second-order valence-corrected chi connectivity index (χ2v) is 5.75. The zero-order valence-electron chi connectivity index (χ0n) is 10.6. The van der Waals surface area contributed by atoms with Crippen LogP contribution in [0.2, 0.25) is 0 Å². The Balaban J connectivity index is 2.22. The third-order valence-corrected chi connectivity index (χ3v) is 3.06. The average molecular weight is 233 g/mol. The summed E-state index contributed by atoms with van der Waals surface area (Å²) in [5, 5.41) is 12.7. The van der Waals surface area contributed by atoms with E-state index in [9.17, 15) is 4.79 Å². The number of nitrogens with one attached hydrogen (secondary N) is 1. The van der Waals surface area contributed by atoms with Gasteiger partial charge in [0.15, 0.2) is 0 Å². The zero-order valence-corrected chi connectivity index (χ0v) is 10.6. The first-order chi connectivity index (χ1) is 7.87. The number of carboxylic acids is 1. The van der Waals surface area contributed by atoms with E-state index in [4.69, 9.17) is 5.11 Å². The zero-order chi connectivity index (χ0) is 12.6. The van der Waals surface area contributed by atoms with Crippen LogP contribution in [0.1, 0.15) is 42.3 Å². The summed E-state index contributed by atoms with van der Waals surface area (Å²) in [6.07, 6.45) is 1.74. The molecule has 0 heterocycles. The van der Waals surface area contributed by atoms with Crippen LogP contribution in [0.3, 0.4) is 0 Å². The van der Waals surface area contributed by atoms with Gasteiger partial charge < -0.3 is 10.4 Å². The van der Waals surface area contributed by atoms with Gasteiger partial charge >= 0.3 is 5.97 Å². The van der Waals surface area contributed by atoms with Gasteiger partial charge in [0, 0.05) is 11.6 Å². The first-order valence-electron chi connectivity index (χ1n) is 5.98. The van der Waals surface area contributed by atoms with Crippen LogP contribution in [0.4, 0.5) is 0 Å². The smallest absolute Gasteiger partial charge is 0.335 e. The first-order valence-corrected chi connectivity index (χ1v) is 5.98. The van der Waals surface area contributed by atoms with Crippen molar-refractivity contribution in [2.24, 2.45) is 0 Å². The SMILES string of the molecule is CC(C)(C)NC1Cc2cccc(C(=O)O)c2C1. The Morgan fingerprint density at radius 3 is 2.65 bits per heavy atom. The predicted molar refractivity (Wildman–Crippen MR) is 67.5 cm³/mol. The van der Waals surface area contributed by atoms with Gasteiger partial charge in [0.1, 0.15) is 0 Å². The van der Waals surface area contributed by atoms with E-state index in [-0.39, 0.29) is 5.54 Å². The molecule has 1 aromatic rings. The summed E-state index contributed by atoms with van der Waals surface area (Å²) >= 11 is 0. The van der Waals surface area contributed by atoms with Crippen molar-refractivity contribution in [1.82, 2.24) is 5.32 Å². The molecule has 3 nitrogen and oxygen atoms in total. The lowest BCUT2D eigenvalue weighted by molar-refractivity contribution is 0.0695. The van der Waals surface area contributed by atoms with E-state index >= 15 is 0 Å². The predicted octanol–water partition coefficient (Wildman–Crippen LogP) is 2.24. The molecule has 0 radical (unpaired) electrons. The van der Waals surface area contributed by atoms with E-state index in [0.29, 0.717) is 11.6 Å². The van der Waals surface area contributed by atoms with E-state index in [1.807, 2.05) is 12.1 Å². The Labute approximate surface area is 102 Å². The first kappa shape index (κ1) is 12.1. The second-order valence-electron chi connectivity index (χ2n) is 5.75. The highest BCUT2D eigenvalue weighted by molar-refractivity contribution is 5.90. The maximum atomic E-state index is 11.1. The number of rotatable bonds is 2. The highest BCUT2D eigenvalue weighted by Crippen LogP contribution is 2.26. The number of hydrogen-bond acceptors (Lipinski definition) is 2. The molecule has 1 aromatic carbocycles. The minimum atomic E-state index is -0.821. The van der Waals surface area contributed by atoms with Gasteiger partial charge in [-0.2, -0.15) is 0 Å². The average Bonchev–Trinajstić information content (AvgIpc) is 2.55. The van der Waals surface area contributed by atoms with Crippen LogP contribution in [-0.2, 0) is 12.8 Å². The van der Waals surface area contributed by atoms with Gasteiger partial charge in [-0.15, -0.1) is 0 Å². The van der Waals surface area contributed by atoms with Crippen LogP contribution in [0.15, 0.2) is 18.2 Å². The summed E-state index contributed by atoms with van der Waals surface area (Å²) < 4.78 is 0. The van der Waals surface area contributed by atoms with E-state index < -0.39 is 5.97 Å². The molecule has 1 aliphatic carbocycles. The van der Waals surface area contributed by atoms with Gasteiger partial charge in [0.05, 0.1) is 5.56 Å². The molecule has 1 unspecified atom stereocenters. The minimum absolute atomic E-state index is 0.0656. The molecule has 17 heavy (non-hydrogen) atoms. The summed E-state index contributed by atoms with van der Waals surface area (Å²) in [6, 6.07) is 5.92. The molecule has 92 valence electrons. The van der Waals surface area contributed by atoms with Crippen molar-refractivity contribution in [2.45, 2.75) is 45.2 Å². The number of carbonyl (C=O) groups is 1. The topological polar surface area (TPSA) is 49.3 Å². The van der Waals surface area contributed by atoms with Crippen molar-refractivity contribution in [3.63, 3.8) is 0 Å². The summed E-state index contributed by atoms with van der Waals surface area (Å²) in [5.41, 5.74) is 2.70. The van der Waals surface area contributed by atoms with E-state index in [2.05, 4.69) is 26.1 Å². The molecule has 1 atom stereocenters. The number of hydrogen-bond donors (Lipinski definition) is 2. The third kappa shape index (κ3) is 2.67. The van der Waals surface area contributed by atoms with Gasteiger partial charge in [-0.05, 0) is 50.8 Å². The molecule has 0 fully saturated rings. The minimum Gasteiger partial charge on any atom is -0.478 e. The Bertz CT molecular complexity index is 446. The Hall–Kier alpha value is -1.35. The summed E-state index contributed by atoms with van der Waals surface area (Å²) in [7, 11) is 0. The fourth-order valence-corrected chi connectivity index (χ4v) is 2.57. The van der Waals surface area contributed by atoms with Crippen LogP contribution in [0.25, 0.3) is 0 Å². The molecule has 0 spiro atoms.